The topological polar surface area (TPSA) is 64.2 Å². The number of nitrogens with one attached hydrogen (secondary N) is 1. The molecule has 3 rings (SSSR count). The van der Waals surface area contributed by atoms with Crippen LogP contribution in [0.2, 0.25) is 0 Å². The highest BCUT2D eigenvalue weighted by atomic mass is 79.9. The van der Waals surface area contributed by atoms with Gasteiger partial charge in [0.25, 0.3) is 0 Å². The third kappa shape index (κ3) is 3.08. The van der Waals surface area contributed by atoms with E-state index in [0.29, 0.717) is 17.6 Å². The summed E-state index contributed by atoms with van der Waals surface area (Å²) in [5, 5.41) is 4.75. The van der Waals surface area contributed by atoms with Gasteiger partial charge in [-0.2, -0.15) is 0 Å². The number of para-hydroxylation sites is 2. The summed E-state index contributed by atoms with van der Waals surface area (Å²) in [6, 6.07) is 8.99. The second-order valence-corrected chi connectivity index (χ2v) is 6.34. The normalized spacial score (nSPS) is 10.9. The predicted octanol–water partition coefficient (Wildman–Crippen LogP) is 2.73. The molecule has 0 aliphatic rings. The number of halogens is 1. The van der Waals surface area contributed by atoms with E-state index in [2.05, 4.69) is 21.2 Å². The van der Waals surface area contributed by atoms with Gasteiger partial charge in [-0.3, -0.25) is 9.36 Å². The molecule has 2 heterocycles. The quantitative estimate of drug-likeness (QED) is 0.771. The molecule has 2 aromatic heterocycles. The Kier molecular flexibility index (Phi) is 3.94. The first-order valence-corrected chi connectivity index (χ1v) is 7.89. The van der Waals surface area contributed by atoms with Crippen LogP contribution in [0, 0.1) is 0 Å². The number of benzene rings is 1. The minimum absolute atomic E-state index is 0.0532. The van der Waals surface area contributed by atoms with Gasteiger partial charge in [0.2, 0.25) is 5.91 Å². The monoisotopic (exact) mass is 366 g/mol. The number of rotatable bonds is 4. The number of hydrogen-bond acceptors (Lipinski definition) is 4. The minimum atomic E-state index is -0.523. The van der Waals surface area contributed by atoms with Crippen LogP contribution in [0.4, 0.5) is 0 Å². The van der Waals surface area contributed by atoms with E-state index in [0.717, 1.165) is 9.35 Å². The lowest BCUT2D eigenvalue weighted by Gasteiger charge is -2.04. The summed E-state index contributed by atoms with van der Waals surface area (Å²) in [5.74, 6) is -0.751. The highest BCUT2D eigenvalue weighted by Gasteiger charge is 2.12. The standard InChI is InChI=1S/C14H11BrN2O3S/c15-9-5-10(21-8-9)6-16-13(18)7-17-11-3-1-2-4-12(11)20-14(17)19/h1-5,8H,6-7H2,(H,16,18). The third-order valence-electron chi connectivity index (χ3n) is 2.96. The first kappa shape index (κ1) is 14.1. The fourth-order valence-electron chi connectivity index (χ4n) is 2.00. The van der Waals surface area contributed by atoms with Crippen LogP contribution in [0.3, 0.4) is 0 Å². The second-order valence-electron chi connectivity index (χ2n) is 4.43. The summed E-state index contributed by atoms with van der Waals surface area (Å²) in [4.78, 5) is 24.8. The van der Waals surface area contributed by atoms with Gasteiger partial charge < -0.3 is 9.73 Å². The fraction of sp³-hybridized carbons (Fsp3) is 0.143. The zero-order valence-corrected chi connectivity index (χ0v) is 13.2. The maximum Gasteiger partial charge on any atom is 0.420 e. The molecular weight excluding hydrogens is 356 g/mol. The molecule has 0 atom stereocenters. The van der Waals surface area contributed by atoms with Crippen molar-refractivity contribution in [2.75, 3.05) is 0 Å². The summed E-state index contributed by atoms with van der Waals surface area (Å²) in [7, 11) is 0. The highest BCUT2D eigenvalue weighted by Crippen LogP contribution is 2.19. The minimum Gasteiger partial charge on any atom is -0.408 e. The van der Waals surface area contributed by atoms with Crippen molar-refractivity contribution in [2.24, 2.45) is 0 Å². The zero-order chi connectivity index (χ0) is 14.8. The van der Waals surface area contributed by atoms with Crippen molar-refractivity contribution in [3.63, 3.8) is 0 Å². The van der Waals surface area contributed by atoms with Crippen molar-refractivity contribution in [3.05, 3.63) is 55.6 Å². The molecule has 0 radical (unpaired) electrons. The molecule has 108 valence electrons. The molecule has 0 fully saturated rings. The number of amides is 1. The van der Waals surface area contributed by atoms with Gasteiger partial charge in [0.1, 0.15) is 6.54 Å². The number of thiophene rings is 1. The van der Waals surface area contributed by atoms with Gasteiger partial charge in [0.05, 0.1) is 12.1 Å². The maximum atomic E-state index is 12.0. The molecule has 0 bridgehead atoms. The molecule has 5 nitrogen and oxygen atoms in total. The Hall–Kier alpha value is -1.86. The van der Waals surface area contributed by atoms with Gasteiger partial charge in [-0.15, -0.1) is 11.3 Å². The molecule has 3 aromatic rings. The summed E-state index contributed by atoms with van der Waals surface area (Å²) in [5.41, 5.74) is 1.11. The van der Waals surface area contributed by atoms with Crippen molar-refractivity contribution in [1.29, 1.82) is 0 Å². The van der Waals surface area contributed by atoms with Crippen molar-refractivity contribution in [3.8, 4) is 0 Å². The molecule has 1 N–H and O–H groups in total. The number of nitrogens with zero attached hydrogens (tertiary/aromatic N) is 1. The van der Waals surface area contributed by atoms with E-state index in [1.54, 1.807) is 35.6 Å². The maximum absolute atomic E-state index is 12.0. The van der Waals surface area contributed by atoms with Crippen LogP contribution >= 0.6 is 27.3 Å². The van der Waals surface area contributed by atoms with E-state index < -0.39 is 5.76 Å². The van der Waals surface area contributed by atoms with Gasteiger partial charge in [0.15, 0.2) is 5.58 Å². The van der Waals surface area contributed by atoms with Crippen LogP contribution in [-0.2, 0) is 17.9 Å². The number of hydrogen-bond donors (Lipinski definition) is 1. The molecule has 0 saturated carbocycles. The van der Waals surface area contributed by atoms with E-state index in [9.17, 15) is 9.59 Å². The molecule has 0 spiro atoms. The number of aromatic nitrogens is 1. The Morgan fingerprint density at radius 1 is 1.38 bits per heavy atom. The van der Waals surface area contributed by atoms with Gasteiger partial charge in [-0.1, -0.05) is 12.1 Å². The lowest BCUT2D eigenvalue weighted by atomic mass is 10.3. The van der Waals surface area contributed by atoms with E-state index in [4.69, 9.17) is 4.42 Å². The van der Waals surface area contributed by atoms with Gasteiger partial charge >= 0.3 is 5.76 Å². The predicted molar refractivity (Wildman–Crippen MR) is 84.3 cm³/mol. The van der Waals surface area contributed by atoms with Gasteiger partial charge in [-0.05, 0) is 34.1 Å². The third-order valence-corrected chi connectivity index (χ3v) is 4.65. The van der Waals surface area contributed by atoms with Crippen molar-refractivity contribution < 1.29 is 9.21 Å². The zero-order valence-electron chi connectivity index (χ0n) is 10.8. The Morgan fingerprint density at radius 3 is 2.95 bits per heavy atom. The largest absolute Gasteiger partial charge is 0.420 e. The Balaban J connectivity index is 1.71. The van der Waals surface area contributed by atoms with E-state index in [1.165, 1.54) is 4.57 Å². The number of oxazole rings is 1. The molecular formula is C14H11BrN2O3S. The van der Waals surface area contributed by atoms with Crippen molar-refractivity contribution >= 4 is 44.3 Å². The first-order valence-electron chi connectivity index (χ1n) is 6.21. The number of carbonyl (C=O) groups is 1. The molecule has 0 aliphatic carbocycles. The van der Waals surface area contributed by atoms with E-state index >= 15 is 0 Å². The first-order chi connectivity index (χ1) is 10.1. The van der Waals surface area contributed by atoms with Crippen LogP contribution in [0.25, 0.3) is 11.1 Å². The molecule has 0 unspecified atom stereocenters. The molecule has 1 aromatic carbocycles. The molecule has 7 heteroatoms. The van der Waals surface area contributed by atoms with E-state index in [-0.39, 0.29) is 12.5 Å². The van der Waals surface area contributed by atoms with Crippen LogP contribution in [0.15, 0.2) is 49.4 Å². The van der Waals surface area contributed by atoms with Gasteiger partial charge in [-0.25, -0.2) is 4.79 Å². The van der Waals surface area contributed by atoms with Crippen LogP contribution < -0.4 is 11.1 Å². The smallest absolute Gasteiger partial charge is 0.408 e. The highest BCUT2D eigenvalue weighted by molar-refractivity contribution is 9.10. The number of carbonyl (C=O) groups excluding carboxylic acids is 1. The SMILES string of the molecule is O=C(Cn1c(=O)oc2ccccc21)NCc1cc(Br)cs1. The van der Waals surface area contributed by atoms with Crippen molar-refractivity contribution in [2.45, 2.75) is 13.1 Å². The van der Waals surface area contributed by atoms with Crippen LogP contribution in [0.1, 0.15) is 4.88 Å². The van der Waals surface area contributed by atoms with E-state index in [1.807, 2.05) is 11.4 Å². The molecule has 21 heavy (non-hydrogen) atoms. The lowest BCUT2D eigenvalue weighted by Crippen LogP contribution is -2.30. The summed E-state index contributed by atoms with van der Waals surface area (Å²) in [6.07, 6.45) is 0. The molecule has 0 aliphatic heterocycles. The molecule has 1 amide bonds. The fourth-order valence-corrected chi connectivity index (χ4v) is 3.39. The molecule has 0 saturated heterocycles. The average Bonchev–Trinajstić information content (AvgIpc) is 3.01. The Morgan fingerprint density at radius 2 is 2.19 bits per heavy atom. The Labute approximate surface area is 132 Å². The second kappa shape index (κ2) is 5.87. The van der Waals surface area contributed by atoms with Gasteiger partial charge in [0, 0.05) is 14.7 Å². The number of fused-ring (bicyclic) bond motifs is 1. The average molecular weight is 367 g/mol. The van der Waals surface area contributed by atoms with Crippen LogP contribution in [0.5, 0.6) is 0 Å². The summed E-state index contributed by atoms with van der Waals surface area (Å²) in [6.45, 7) is 0.391. The summed E-state index contributed by atoms with van der Waals surface area (Å²) < 4.78 is 7.41. The van der Waals surface area contributed by atoms with Crippen molar-refractivity contribution in [1.82, 2.24) is 9.88 Å². The Bertz CT molecular complexity index is 849. The van der Waals surface area contributed by atoms with Crippen LogP contribution in [-0.4, -0.2) is 10.5 Å². The lowest BCUT2D eigenvalue weighted by molar-refractivity contribution is -0.121. The summed E-state index contributed by atoms with van der Waals surface area (Å²) >= 11 is 4.92.